The van der Waals surface area contributed by atoms with E-state index in [4.69, 9.17) is 9.47 Å². The van der Waals surface area contributed by atoms with Crippen LogP contribution in [-0.2, 0) is 38.6 Å². The fourth-order valence-electron chi connectivity index (χ4n) is 6.63. The summed E-state index contributed by atoms with van der Waals surface area (Å²) in [6, 6.07) is 27.1. The van der Waals surface area contributed by atoms with Crippen molar-refractivity contribution in [1.82, 2.24) is 10.6 Å². The molecule has 0 bridgehead atoms. The van der Waals surface area contributed by atoms with Crippen LogP contribution in [0.2, 0.25) is 0 Å². The highest BCUT2D eigenvalue weighted by Crippen LogP contribution is 2.32. The van der Waals surface area contributed by atoms with Gasteiger partial charge in [0, 0.05) is 6.42 Å². The second-order valence-corrected chi connectivity index (χ2v) is 13.2. The van der Waals surface area contributed by atoms with Gasteiger partial charge in [-0.05, 0) is 73.8 Å². The lowest BCUT2D eigenvalue weighted by molar-refractivity contribution is -0.152. The quantitative estimate of drug-likeness (QED) is 0.177. The van der Waals surface area contributed by atoms with Crippen molar-refractivity contribution in [3.8, 4) is 5.75 Å². The molecule has 1 heterocycles. The molecule has 1 spiro atoms. The molecule has 3 N–H and O–H groups in total. The first kappa shape index (κ1) is 34.9. The molecule has 3 aromatic rings. The van der Waals surface area contributed by atoms with E-state index in [2.05, 4.69) is 10.6 Å². The Morgan fingerprint density at radius 2 is 1.58 bits per heavy atom. The molecule has 0 aromatic heterocycles. The van der Waals surface area contributed by atoms with Gasteiger partial charge >= 0.3 is 5.97 Å². The molecule has 48 heavy (non-hydrogen) atoms. The predicted octanol–water partition coefficient (Wildman–Crippen LogP) is 5.86. The van der Waals surface area contributed by atoms with Gasteiger partial charge in [0.15, 0.2) is 0 Å². The van der Waals surface area contributed by atoms with E-state index < -0.39 is 17.5 Å². The maximum atomic E-state index is 13.7. The standard InChI is InChI=1S/C40H48N2O6/c43-27-35(25-31-18-20-36(21-19-31)47-28-32-14-6-2-7-15-32)41-37(44)26-33-16-8-3-9-17-34(24-30-12-4-1-5-13-30)39(46)48-29-40(42-38(33)45)22-10-11-23-40/h1-8,12-15,18-21,33-35,43H,9-11,16-17,22-29H2,(H,41,44)(H,42,45)/t33-,34-,35+/m1/s1. The average molecular weight is 653 g/mol. The Morgan fingerprint density at radius 1 is 0.896 bits per heavy atom. The summed E-state index contributed by atoms with van der Waals surface area (Å²) in [5.41, 5.74) is 2.50. The molecular weight excluding hydrogens is 604 g/mol. The van der Waals surface area contributed by atoms with E-state index in [1.165, 1.54) is 0 Å². The van der Waals surface area contributed by atoms with Crippen LogP contribution in [0.4, 0.5) is 0 Å². The Hall–Kier alpha value is -4.43. The topological polar surface area (TPSA) is 114 Å². The van der Waals surface area contributed by atoms with Crippen molar-refractivity contribution in [2.24, 2.45) is 11.8 Å². The molecule has 0 radical (unpaired) electrons. The van der Waals surface area contributed by atoms with Crippen molar-refractivity contribution in [2.45, 2.75) is 82.4 Å². The number of aliphatic hydroxyl groups excluding tert-OH is 1. The van der Waals surface area contributed by atoms with Gasteiger partial charge in [-0.1, -0.05) is 97.8 Å². The zero-order chi connectivity index (χ0) is 33.6. The number of amides is 2. The second kappa shape index (κ2) is 17.6. The molecule has 1 saturated carbocycles. The summed E-state index contributed by atoms with van der Waals surface area (Å²) >= 11 is 0. The molecule has 0 saturated heterocycles. The fraction of sp³-hybridized carbons (Fsp3) is 0.425. The van der Waals surface area contributed by atoms with Gasteiger partial charge in [0.1, 0.15) is 19.0 Å². The Morgan fingerprint density at radius 3 is 2.27 bits per heavy atom. The third-order valence-corrected chi connectivity index (χ3v) is 9.41. The highest BCUT2D eigenvalue weighted by molar-refractivity contribution is 5.86. The van der Waals surface area contributed by atoms with Crippen molar-refractivity contribution in [3.05, 3.63) is 114 Å². The van der Waals surface area contributed by atoms with Crippen molar-refractivity contribution in [2.75, 3.05) is 13.2 Å². The molecule has 0 unspecified atom stereocenters. The van der Waals surface area contributed by atoms with Crippen LogP contribution >= 0.6 is 0 Å². The van der Waals surface area contributed by atoms with Crippen molar-refractivity contribution < 1.29 is 29.0 Å². The van der Waals surface area contributed by atoms with Gasteiger partial charge in [0.2, 0.25) is 11.8 Å². The van der Waals surface area contributed by atoms with Gasteiger partial charge in [0.25, 0.3) is 0 Å². The van der Waals surface area contributed by atoms with Crippen LogP contribution in [0, 0.1) is 11.8 Å². The molecule has 1 aliphatic heterocycles. The number of hydrogen-bond donors (Lipinski definition) is 3. The number of ether oxygens (including phenoxy) is 2. The minimum atomic E-state index is -0.624. The molecule has 3 atom stereocenters. The monoisotopic (exact) mass is 652 g/mol. The smallest absolute Gasteiger partial charge is 0.309 e. The van der Waals surface area contributed by atoms with E-state index in [9.17, 15) is 19.5 Å². The Balaban J connectivity index is 1.19. The number of hydrogen-bond acceptors (Lipinski definition) is 6. The van der Waals surface area contributed by atoms with E-state index in [0.717, 1.165) is 48.1 Å². The number of benzene rings is 3. The summed E-state index contributed by atoms with van der Waals surface area (Å²) in [5, 5.41) is 16.3. The minimum Gasteiger partial charge on any atom is -0.489 e. The summed E-state index contributed by atoms with van der Waals surface area (Å²) in [7, 11) is 0. The summed E-state index contributed by atoms with van der Waals surface area (Å²) in [4.78, 5) is 40.2. The fourth-order valence-corrected chi connectivity index (χ4v) is 6.63. The predicted molar refractivity (Wildman–Crippen MR) is 185 cm³/mol. The first-order valence-electron chi connectivity index (χ1n) is 17.2. The zero-order valence-electron chi connectivity index (χ0n) is 27.7. The maximum absolute atomic E-state index is 13.7. The Labute approximate surface area is 283 Å². The van der Waals surface area contributed by atoms with Crippen molar-refractivity contribution in [1.29, 1.82) is 0 Å². The molecule has 1 aliphatic carbocycles. The van der Waals surface area contributed by atoms with Crippen LogP contribution < -0.4 is 15.4 Å². The number of cyclic esters (lactones) is 1. The molecule has 3 aromatic carbocycles. The number of esters is 1. The molecule has 254 valence electrons. The lowest BCUT2D eigenvalue weighted by Crippen LogP contribution is -2.53. The van der Waals surface area contributed by atoms with Gasteiger partial charge in [-0.15, -0.1) is 0 Å². The Bertz CT molecular complexity index is 1490. The minimum absolute atomic E-state index is 0.00850. The molecular formula is C40H48N2O6. The first-order valence-corrected chi connectivity index (χ1v) is 17.2. The van der Waals surface area contributed by atoms with E-state index in [0.29, 0.717) is 38.7 Å². The van der Waals surface area contributed by atoms with Crippen LogP contribution in [-0.4, -0.2) is 47.7 Å². The summed E-state index contributed by atoms with van der Waals surface area (Å²) < 4.78 is 11.8. The molecule has 2 aliphatic rings. The lowest BCUT2D eigenvalue weighted by Gasteiger charge is -2.32. The first-order chi connectivity index (χ1) is 23.4. The Kier molecular flexibility index (Phi) is 12.8. The van der Waals surface area contributed by atoms with Gasteiger partial charge < -0.3 is 25.2 Å². The largest absolute Gasteiger partial charge is 0.489 e. The lowest BCUT2D eigenvalue weighted by atomic mass is 9.94. The average Bonchev–Trinajstić information content (AvgIpc) is 3.57. The number of carbonyl (C=O) groups is 3. The van der Waals surface area contributed by atoms with Crippen LogP contribution in [0.15, 0.2) is 97.1 Å². The molecule has 2 amide bonds. The van der Waals surface area contributed by atoms with E-state index in [1.54, 1.807) is 0 Å². The van der Waals surface area contributed by atoms with Gasteiger partial charge in [-0.3, -0.25) is 14.4 Å². The van der Waals surface area contributed by atoms with Crippen LogP contribution in [0.3, 0.4) is 0 Å². The summed E-state index contributed by atoms with van der Waals surface area (Å²) in [6.45, 7) is 0.381. The van der Waals surface area contributed by atoms with Gasteiger partial charge in [-0.25, -0.2) is 0 Å². The van der Waals surface area contributed by atoms with Gasteiger partial charge in [0.05, 0.1) is 30.0 Å². The number of allylic oxidation sites excluding steroid dienone is 2. The summed E-state index contributed by atoms with van der Waals surface area (Å²) in [5.74, 6) is -0.847. The second-order valence-electron chi connectivity index (χ2n) is 13.2. The molecule has 8 nitrogen and oxygen atoms in total. The number of carbonyl (C=O) groups excluding carboxylic acids is 3. The van der Waals surface area contributed by atoms with E-state index >= 15 is 0 Å². The third kappa shape index (κ3) is 10.5. The van der Waals surface area contributed by atoms with Gasteiger partial charge in [-0.2, -0.15) is 0 Å². The van der Waals surface area contributed by atoms with Crippen LogP contribution in [0.1, 0.15) is 68.1 Å². The SMILES string of the molecule is O=C(C[C@H]1CC=CCC[C@H](Cc2ccccc2)C(=O)OCC2(CCCC2)NC1=O)N[C@H](CO)Cc1ccc(OCc2ccccc2)cc1. The normalized spacial score (nSPS) is 20.4. The van der Waals surface area contributed by atoms with E-state index in [1.807, 2.05) is 97.1 Å². The van der Waals surface area contributed by atoms with E-state index in [-0.39, 0.29) is 43.3 Å². The van der Waals surface area contributed by atoms with Crippen LogP contribution in [0.5, 0.6) is 5.75 Å². The third-order valence-electron chi connectivity index (χ3n) is 9.41. The van der Waals surface area contributed by atoms with Crippen molar-refractivity contribution in [3.63, 3.8) is 0 Å². The number of aliphatic hydroxyl groups is 1. The zero-order valence-corrected chi connectivity index (χ0v) is 27.7. The summed E-state index contributed by atoms with van der Waals surface area (Å²) in [6.07, 6.45) is 10.0. The van der Waals surface area contributed by atoms with Crippen molar-refractivity contribution >= 4 is 17.8 Å². The highest BCUT2D eigenvalue weighted by Gasteiger charge is 2.39. The molecule has 5 rings (SSSR count). The molecule has 8 heteroatoms. The van der Waals surface area contributed by atoms with Crippen LogP contribution in [0.25, 0.3) is 0 Å². The molecule has 1 fully saturated rings. The maximum Gasteiger partial charge on any atom is 0.309 e. The highest BCUT2D eigenvalue weighted by atomic mass is 16.5. The number of rotatable bonds is 11. The number of nitrogens with one attached hydrogen (secondary N) is 2.